The van der Waals surface area contributed by atoms with Crippen LogP contribution in [0.2, 0.25) is 0 Å². The van der Waals surface area contributed by atoms with Crippen molar-refractivity contribution in [2.45, 2.75) is 33.6 Å². The summed E-state index contributed by atoms with van der Waals surface area (Å²) < 4.78 is 0. The Morgan fingerprint density at radius 2 is 1.92 bits per heavy atom. The second kappa shape index (κ2) is 6.26. The third-order valence-corrected chi connectivity index (χ3v) is 6.56. The molecule has 1 aromatic heterocycles. The highest BCUT2D eigenvalue weighted by Gasteiger charge is 2.56. The zero-order chi connectivity index (χ0) is 18.2. The quantitative estimate of drug-likeness (QED) is 0.912. The molecule has 6 heteroatoms. The minimum Gasteiger partial charge on any atom is -0.550 e. The molecule has 132 valence electrons. The van der Waals surface area contributed by atoms with E-state index in [4.69, 9.17) is 0 Å². The molecule has 5 nitrogen and oxygen atoms in total. The van der Waals surface area contributed by atoms with E-state index in [0.717, 1.165) is 11.3 Å². The maximum absolute atomic E-state index is 12.9. The second-order valence-electron chi connectivity index (χ2n) is 7.32. The van der Waals surface area contributed by atoms with Crippen LogP contribution >= 0.6 is 11.3 Å². The largest absolute Gasteiger partial charge is 0.550 e. The van der Waals surface area contributed by atoms with E-state index in [-0.39, 0.29) is 5.91 Å². The number of nitrogens with one attached hydrogen (secondary N) is 1. The molecule has 0 bridgehead atoms. The van der Waals surface area contributed by atoms with Gasteiger partial charge in [0.1, 0.15) is 0 Å². The lowest BCUT2D eigenvalue weighted by atomic mass is 9.65. The fourth-order valence-corrected chi connectivity index (χ4v) is 4.34. The topological polar surface area (TPSA) is 82.1 Å². The lowest BCUT2D eigenvalue weighted by Crippen LogP contribution is -2.47. The van der Waals surface area contributed by atoms with Crippen molar-refractivity contribution in [2.75, 3.05) is 5.32 Å². The Morgan fingerprint density at radius 3 is 2.52 bits per heavy atom. The number of carbonyl (C=O) groups excluding carboxylic acids is 2. The summed E-state index contributed by atoms with van der Waals surface area (Å²) in [6, 6.07) is 9.75. The van der Waals surface area contributed by atoms with Crippen LogP contribution in [-0.2, 0) is 9.59 Å². The van der Waals surface area contributed by atoms with Crippen molar-refractivity contribution in [2.24, 2.45) is 16.7 Å². The minimum absolute atomic E-state index is 0.185. The van der Waals surface area contributed by atoms with Crippen molar-refractivity contribution >= 4 is 28.3 Å². The van der Waals surface area contributed by atoms with Crippen LogP contribution in [0.15, 0.2) is 35.7 Å². The standard InChI is InChI=1S/C19H22N2O3S/c1-18(2)13(15(22)23)9-10-19(18,3)16(24)21-17-20-14(11-25-17)12-7-5-4-6-8-12/h4-8,11,13H,9-10H2,1-3H3,(H,22,23)(H,20,21,24)/p-1/t13-,19+/m0/s1. The summed E-state index contributed by atoms with van der Waals surface area (Å²) in [7, 11) is 0. The van der Waals surface area contributed by atoms with Crippen molar-refractivity contribution in [1.82, 2.24) is 4.98 Å². The Morgan fingerprint density at radius 1 is 1.24 bits per heavy atom. The number of hydrogen-bond donors (Lipinski definition) is 1. The third-order valence-electron chi connectivity index (χ3n) is 5.81. The molecular weight excluding hydrogens is 336 g/mol. The molecule has 2 aromatic rings. The number of nitrogens with zero attached hydrogens (tertiary/aromatic N) is 1. The lowest BCUT2D eigenvalue weighted by Gasteiger charge is -2.40. The second-order valence-corrected chi connectivity index (χ2v) is 8.18. The van der Waals surface area contributed by atoms with Gasteiger partial charge < -0.3 is 15.2 Å². The first-order valence-electron chi connectivity index (χ1n) is 8.29. The molecule has 1 saturated carbocycles. The molecule has 0 unspecified atom stereocenters. The number of carbonyl (C=O) groups is 2. The molecule has 0 radical (unpaired) electrons. The summed E-state index contributed by atoms with van der Waals surface area (Å²) in [6.07, 6.45) is 0.966. The van der Waals surface area contributed by atoms with E-state index in [1.807, 2.05) is 56.5 Å². The third kappa shape index (κ3) is 2.95. The SMILES string of the molecule is CC1(C)[C@H](C(=O)[O-])CC[C@]1(C)C(=O)Nc1nc(-c2ccccc2)cs1. The molecule has 0 spiro atoms. The number of carboxylic acids is 1. The normalized spacial score (nSPS) is 24.8. The van der Waals surface area contributed by atoms with Gasteiger partial charge in [-0.2, -0.15) is 0 Å². The predicted molar refractivity (Wildman–Crippen MR) is 95.8 cm³/mol. The van der Waals surface area contributed by atoms with Gasteiger partial charge in [0.2, 0.25) is 5.91 Å². The average Bonchev–Trinajstić information content (AvgIpc) is 3.12. The Labute approximate surface area is 151 Å². The number of anilines is 1. The summed E-state index contributed by atoms with van der Waals surface area (Å²) in [6.45, 7) is 5.49. The zero-order valence-electron chi connectivity index (χ0n) is 14.5. The number of thiazole rings is 1. The first kappa shape index (κ1) is 17.6. The van der Waals surface area contributed by atoms with Gasteiger partial charge in [-0.3, -0.25) is 4.79 Å². The molecule has 1 fully saturated rings. The molecule has 1 aliphatic rings. The maximum atomic E-state index is 12.9. The van der Waals surface area contributed by atoms with E-state index in [1.165, 1.54) is 11.3 Å². The zero-order valence-corrected chi connectivity index (χ0v) is 15.4. The predicted octanol–water partition coefficient (Wildman–Crippen LogP) is 2.94. The Hall–Kier alpha value is -2.21. The van der Waals surface area contributed by atoms with Crippen molar-refractivity contribution < 1.29 is 14.7 Å². The van der Waals surface area contributed by atoms with Crippen LogP contribution in [0, 0.1) is 16.7 Å². The van der Waals surface area contributed by atoms with E-state index < -0.39 is 22.7 Å². The van der Waals surface area contributed by atoms with Gasteiger partial charge in [0.05, 0.1) is 11.1 Å². The molecule has 2 atom stereocenters. The molecule has 3 rings (SSSR count). The molecular formula is C19H21N2O3S-. The fraction of sp³-hybridized carbons (Fsp3) is 0.421. The van der Waals surface area contributed by atoms with Crippen LogP contribution in [0.25, 0.3) is 11.3 Å². The van der Waals surface area contributed by atoms with Crippen LogP contribution in [-0.4, -0.2) is 16.9 Å². The Balaban J connectivity index is 1.79. The summed E-state index contributed by atoms with van der Waals surface area (Å²) >= 11 is 1.37. The van der Waals surface area contributed by atoms with Gasteiger partial charge in [0.25, 0.3) is 0 Å². The number of aromatic nitrogens is 1. The van der Waals surface area contributed by atoms with E-state index in [1.54, 1.807) is 0 Å². The fourth-order valence-electron chi connectivity index (χ4n) is 3.63. The highest BCUT2D eigenvalue weighted by molar-refractivity contribution is 7.14. The van der Waals surface area contributed by atoms with Crippen molar-refractivity contribution in [3.63, 3.8) is 0 Å². The van der Waals surface area contributed by atoms with Crippen LogP contribution in [0.5, 0.6) is 0 Å². The van der Waals surface area contributed by atoms with Crippen molar-refractivity contribution in [1.29, 1.82) is 0 Å². The summed E-state index contributed by atoms with van der Waals surface area (Å²) in [5.41, 5.74) is 0.333. The van der Waals surface area contributed by atoms with E-state index in [0.29, 0.717) is 18.0 Å². The van der Waals surface area contributed by atoms with E-state index in [2.05, 4.69) is 10.3 Å². The molecule has 0 saturated heterocycles. The summed E-state index contributed by atoms with van der Waals surface area (Å²) in [5.74, 6) is -1.89. The Kier molecular flexibility index (Phi) is 4.41. The van der Waals surface area contributed by atoms with E-state index >= 15 is 0 Å². The monoisotopic (exact) mass is 357 g/mol. The highest BCUT2D eigenvalue weighted by Crippen LogP contribution is 2.56. The number of rotatable bonds is 4. The van der Waals surface area contributed by atoms with Crippen molar-refractivity contribution in [3.05, 3.63) is 35.7 Å². The highest BCUT2D eigenvalue weighted by atomic mass is 32.1. The van der Waals surface area contributed by atoms with Gasteiger partial charge in [-0.15, -0.1) is 11.3 Å². The summed E-state index contributed by atoms with van der Waals surface area (Å²) in [4.78, 5) is 28.8. The van der Waals surface area contributed by atoms with Gasteiger partial charge in [-0.1, -0.05) is 51.1 Å². The molecule has 1 heterocycles. The van der Waals surface area contributed by atoms with Crippen LogP contribution in [0.1, 0.15) is 33.6 Å². The van der Waals surface area contributed by atoms with Crippen LogP contribution in [0.3, 0.4) is 0 Å². The van der Waals surface area contributed by atoms with Gasteiger partial charge in [-0.05, 0) is 18.3 Å². The first-order valence-corrected chi connectivity index (χ1v) is 9.17. The minimum atomic E-state index is -1.08. The molecule has 1 aromatic carbocycles. The molecule has 1 N–H and O–H groups in total. The smallest absolute Gasteiger partial charge is 0.232 e. The number of carboxylic acid groups (broad SMARTS) is 1. The number of benzene rings is 1. The van der Waals surface area contributed by atoms with Gasteiger partial charge in [-0.25, -0.2) is 4.98 Å². The lowest BCUT2D eigenvalue weighted by molar-refractivity contribution is -0.314. The van der Waals surface area contributed by atoms with E-state index in [9.17, 15) is 14.7 Å². The number of aliphatic carboxylic acids is 1. The van der Waals surface area contributed by atoms with Gasteiger partial charge in [0, 0.05) is 22.8 Å². The number of amides is 1. The molecule has 1 amide bonds. The molecule has 1 aliphatic carbocycles. The first-order chi connectivity index (χ1) is 11.8. The molecule has 0 aliphatic heterocycles. The average molecular weight is 357 g/mol. The van der Waals surface area contributed by atoms with Crippen LogP contribution < -0.4 is 10.4 Å². The number of hydrogen-bond acceptors (Lipinski definition) is 5. The van der Waals surface area contributed by atoms with Crippen molar-refractivity contribution in [3.8, 4) is 11.3 Å². The van der Waals surface area contributed by atoms with Crippen LogP contribution in [0.4, 0.5) is 5.13 Å². The maximum Gasteiger partial charge on any atom is 0.232 e. The summed E-state index contributed by atoms with van der Waals surface area (Å²) in [5, 5.41) is 16.7. The van der Waals surface area contributed by atoms with Gasteiger partial charge in [0.15, 0.2) is 5.13 Å². The Bertz CT molecular complexity index is 800. The molecule has 25 heavy (non-hydrogen) atoms. The van der Waals surface area contributed by atoms with Gasteiger partial charge >= 0.3 is 0 Å².